The third-order valence-corrected chi connectivity index (χ3v) is 11.6. The van der Waals surface area contributed by atoms with Crippen LogP contribution in [0.1, 0.15) is 92.9 Å². The number of ketones is 1. The molecule has 0 saturated heterocycles. The third-order valence-electron chi connectivity index (χ3n) is 11.6. The molecule has 0 bridgehead atoms. The molecule has 3 unspecified atom stereocenters. The van der Waals surface area contributed by atoms with E-state index >= 15 is 0 Å². The monoisotopic (exact) mass is 462 g/mol. The highest BCUT2D eigenvalue weighted by Gasteiger charge is 2.70. The van der Waals surface area contributed by atoms with Crippen molar-refractivity contribution in [3.8, 4) is 0 Å². The predicted octanol–water partition coefficient (Wildman–Crippen LogP) is 4.62. The molecule has 0 amide bonds. The van der Waals surface area contributed by atoms with E-state index in [0.717, 1.165) is 32.1 Å². The maximum Gasteiger partial charge on any atom is 0.320 e. The molecule has 0 aromatic rings. The van der Waals surface area contributed by atoms with Crippen LogP contribution in [-0.2, 0) is 19.1 Å². The molecule has 0 radical (unpaired) electrons. The van der Waals surface area contributed by atoms with E-state index in [-0.39, 0.29) is 52.5 Å². The van der Waals surface area contributed by atoms with E-state index in [1.165, 1.54) is 6.92 Å². The van der Waals surface area contributed by atoms with Crippen molar-refractivity contribution in [2.24, 2.45) is 44.8 Å². The topological polar surface area (TPSA) is 101 Å². The summed E-state index contributed by atoms with van der Waals surface area (Å²) < 4.78 is 5.12. The van der Waals surface area contributed by atoms with E-state index in [1.807, 2.05) is 0 Å². The van der Waals surface area contributed by atoms with Crippen LogP contribution in [0.5, 0.6) is 0 Å². The first-order valence-corrected chi connectivity index (χ1v) is 12.8. The van der Waals surface area contributed by atoms with Crippen molar-refractivity contribution >= 4 is 17.7 Å². The fraction of sp³-hybridized carbons (Fsp3) is 0.889. The van der Waals surface area contributed by atoms with Crippen molar-refractivity contribution < 1.29 is 29.3 Å². The summed E-state index contributed by atoms with van der Waals surface area (Å²) in [7, 11) is 0. The normalized spacial score (nSPS) is 48.8. The van der Waals surface area contributed by atoms with Gasteiger partial charge in [0.25, 0.3) is 0 Å². The molecule has 4 fully saturated rings. The van der Waals surface area contributed by atoms with Gasteiger partial charge in [0.2, 0.25) is 0 Å². The number of carbonyl (C=O) groups is 3. The van der Waals surface area contributed by atoms with Gasteiger partial charge >= 0.3 is 11.9 Å². The van der Waals surface area contributed by atoms with Crippen LogP contribution >= 0.6 is 0 Å². The van der Waals surface area contributed by atoms with E-state index < -0.39 is 17.4 Å². The molecular weight excluding hydrogens is 420 g/mol. The zero-order chi connectivity index (χ0) is 24.6. The second kappa shape index (κ2) is 7.53. The van der Waals surface area contributed by atoms with Crippen LogP contribution in [0.3, 0.4) is 0 Å². The van der Waals surface area contributed by atoms with Crippen LogP contribution in [0.2, 0.25) is 0 Å². The third kappa shape index (κ3) is 3.11. The summed E-state index contributed by atoms with van der Waals surface area (Å²) in [5, 5.41) is 20.9. The molecule has 186 valence electrons. The standard InChI is InChI=1S/C27H42O6/c1-16(28)33-15-27(22(31)32)14-13-25(5)17(21(27)30)7-8-19-24(4)11-10-20(29)23(2,3)18(24)9-12-26(19,25)6/h17-20,29H,7-15H2,1-6H3,(H,31,32)/t17?,18?,19?,20-,24-,25+,26+,27-/m0/s1. The van der Waals surface area contributed by atoms with Gasteiger partial charge in [0.1, 0.15) is 6.61 Å². The minimum Gasteiger partial charge on any atom is -0.480 e. The van der Waals surface area contributed by atoms with Gasteiger partial charge in [0, 0.05) is 12.8 Å². The molecule has 0 spiro atoms. The lowest BCUT2D eigenvalue weighted by Gasteiger charge is -2.71. The highest BCUT2D eigenvalue weighted by Crippen LogP contribution is 2.74. The van der Waals surface area contributed by atoms with Crippen molar-refractivity contribution in [2.45, 2.75) is 99.0 Å². The van der Waals surface area contributed by atoms with Crippen LogP contribution in [0.4, 0.5) is 0 Å². The molecular formula is C27H42O6. The maximum atomic E-state index is 13.9. The fourth-order valence-corrected chi connectivity index (χ4v) is 9.38. The van der Waals surface area contributed by atoms with E-state index in [4.69, 9.17) is 4.74 Å². The molecule has 2 N–H and O–H groups in total. The average Bonchev–Trinajstić information content (AvgIpc) is 2.71. The fourth-order valence-electron chi connectivity index (χ4n) is 9.38. The molecule has 33 heavy (non-hydrogen) atoms. The van der Waals surface area contributed by atoms with E-state index in [1.54, 1.807) is 0 Å². The second-order valence-electron chi connectivity index (χ2n) is 13.0. The lowest BCUT2D eigenvalue weighted by molar-refractivity contribution is -0.234. The Morgan fingerprint density at radius 2 is 1.58 bits per heavy atom. The molecule has 0 aliphatic heterocycles. The number of aliphatic hydroxyl groups excluding tert-OH is 1. The summed E-state index contributed by atoms with van der Waals surface area (Å²) in [5.41, 5.74) is -2.00. The van der Waals surface area contributed by atoms with Gasteiger partial charge in [-0.15, -0.1) is 0 Å². The Hall–Kier alpha value is -1.43. The highest BCUT2D eigenvalue weighted by molar-refractivity contribution is 6.05. The first kappa shape index (κ1) is 24.7. The van der Waals surface area contributed by atoms with E-state index in [9.17, 15) is 24.6 Å². The van der Waals surface area contributed by atoms with Gasteiger partial charge < -0.3 is 14.9 Å². The second-order valence-corrected chi connectivity index (χ2v) is 13.0. The van der Waals surface area contributed by atoms with Gasteiger partial charge in [-0.05, 0) is 84.9 Å². The smallest absolute Gasteiger partial charge is 0.320 e. The van der Waals surface area contributed by atoms with E-state index in [2.05, 4.69) is 34.6 Å². The SMILES string of the molecule is CC(=O)OC[C@@]1(C(=O)O)CC[C@]2(C)C(CCC3[C@@]4(C)CC[C@H](O)C(C)(C)C4CC[C@]32C)C1=O. The van der Waals surface area contributed by atoms with Gasteiger partial charge in [0.05, 0.1) is 6.10 Å². The lowest BCUT2D eigenvalue weighted by Crippen LogP contribution is -2.67. The first-order valence-electron chi connectivity index (χ1n) is 12.8. The summed E-state index contributed by atoms with van der Waals surface area (Å²) in [6, 6.07) is 0. The van der Waals surface area contributed by atoms with Crippen molar-refractivity contribution in [1.29, 1.82) is 0 Å². The number of carboxylic acid groups (broad SMARTS) is 1. The number of Topliss-reactive ketones (excluding diaryl/α,β-unsaturated/α-hetero) is 1. The Kier molecular flexibility index (Phi) is 5.64. The van der Waals surface area contributed by atoms with Crippen LogP contribution in [0.25, 0.3) is 0 Å². The minimum atomic E-state index is -1.63. The van der Waals surface area contributed by atoms with Gasteiger partial charge in [-0.3, -0.25) is 14.4 Å². The summed E-state index contributed by atoms with van der Waals surface area (Å²) in [6.45, 7) is 12.3. The molecule has 0 aromatic carbocycles. The number of carbonyl (C=O) groups excluding carboxylic acids is 2. The first-order chi connectivity index (χ1) is 15.2. The number of carboxylic acids is 1. The summed E-state index contributed by atoms with van der Waals surface area (Å²) in [6.07, 6.45) is 6.03. The van der Waals surface area contributed by atoms with Crippen LogP contribution in [-0.4, -0.2) is 40.6 Å². The molecule has 0 heterocycles. The van der Waals surface area contributed by atoms with Crippen LogP contribution in [0.15, 0.2) is 0 Å². The number of hydrogen-bond acceptors (Lipinski definition) is 5. The van der Waals surface area contributed by atoms with Crippen molar-refractivity contribution in [1.82, 2.24) is 0 Å². The summed E-state index contributed by atoms with van der Waals surface area (Å²) >= 11 is 0. The summed E-state index contributed by atoms with van der Waals surface area (Å²) in [5.74, 6) is -1.41. The van der Waals surface area contributed by atoms with Gasteiger partial charge in [-0.1, -0.05) is 34.6 Å². The molecule has 6 nitrogen and oxygen atoms in total. The molecule has 6 heteroatoms. The average molecular weight is 463 g/mol. The van der Waals surface area contributed by atoms with E-state index in [0.29, 0.717) is 24.7 Å². The Morgan fingerprint density at radius 1 is 0.909 bits per heavy atom. The molecule has 4 saturated carbocycles. The zero-order valence-electron chi connectivity index (χ0n) is 21.2. The van der Waals surface area contributed by atoms with Crippen molar-refractivity contribution in [3.05, 3.63) is 0 Å². The molecule has 4 rings (SSSR count). The number of ether oxygens (including phenoxy) is 1. The Labute approximate surface area is 197 Å². The predicted molar refractivity (Wildman–Crippen MR) is 123 cm³/mol. The number of esters is 1. The molecule has 4 aliphatic carbocycles. The Morgan fingerprint density at radius 3 is 2.18 bits per heavy atom. The minimum absolute atomic E-state index is 0.0682. The number of aliphatic carboxylic acids is 1. The number of fused-ring (bicyclic) bond motifs is 5. The van der Waals surface area contributed by atoms with Crippen molar-refractivity contribution in [2.75, 3.05) is 6.61 Å². The Bertz CT molecular complexity index is 865. The summed E-state index contributed by atoms with van der Waals surface area (Å²) in [4.78, 5) is 37.7. The number of aliphatic hydroxyl groups is 1. The van der Waals surface area contributed by atoms with Gasteiger partial charge in [-0.2, -0.15) is 0 Å². The van der Waals surface area contributed by atoms with Gasteiger partial charge in [0.15, 0.2) is 11.2 Å². The molecule has 8 atom stereocenters. The maximum absolute atomic E-state index is 13.9. The molecule has 0 aromatic heterocycles. The zero-order valence-corrected chi connectivity index (χ0v) is 21.2. The number of rotatable bonds is 3. The van der Waals surface area contributed by atoms with Crippen LogP contribution < -0.4 is 0 Å². The molecule has 4 aliphatic rings. The lowest BCUT2D eigenvalue weighted by atomic mass is 9.33. The van der Waals surface area contributed by atoms with Crippen molar-refractivity contribution in [3.63, 3.8) is 0 Å². The van der Waals surface area contributed by atoms with Crippen LogP contribution in [0, 0.1) is 44.8 Å². The highest BCUT2D eigenvalue weighted by atomic mass is 16.5. The van der Waals surface area contributed by atoms with Gasteiger partial charge in [-0.25, -0.2) is 0 Å². The largest absolute Gasteiger partial charge is 0.480 e. The Balaban J connectivity index is 1.70. The quantitative estimate of drug-likeness (QED) is 0.469. The number of hydrogen-bond donors (Lipinski definition) is 2.